The molecule has 1 N–H and O–H groups in total. The molecule has 0 atom stereocenters. The number of likely N-dealkylation sites (tertiary alicyclic amines) is 1. The van der Waals surface area contributed by atoms with Crippen molar-refractivity contribution in [1.29, 1.82) is 0 Å². The number of amides is 2. The highest BCUT2D eigenvalue weighted by atomic mass is 16.7. The third-order valence-electron chi connectivity index (χ3n) is 4.71. The lowest BCUT2D eigenvalue weighted by Gasteiger charge is -2.31. The number of carbonyl (C=O) groups is 2. The molecule has 1 aromatic carbocycles. The molecule has 2 saturated heterocycles. The van der Waals surface area contributed by atoms with Crippen LogP contribution in [0.2, 0.25) is 0 Å². The molecule has 1 aromatic rings. The molecule has 4 rings (SSSR count). The van der Waals surface area contributed by atoms with Gasteiger partial charge in [-0.25, -0.2) is 0 Å². The van der Waals surface area contributed by atoms with Crippen molar-refractivity contribution >= 4 is 17.5 Å². The van der Waals surface area contributed by atoms with Crippen LogP contribution < -0.4 is 5.32 Å². The summed E-state index contributed by atoms with van der Waals surface area (Å²) in [6.45, 7) is 2.58. The fourth-order valence-electron chi connectivity index (χ4n) is 3.49. The molecule has 3 aliphatic heterocycles. The minimum atomic E-state index is -1.33. The maximum atomic E-state index is 12.6. The second-order valence-electron chi connectivity index (χ2n) is 6.23. The lowest BCUT2D eigenvalue weighted by atomic mass is 10.0. The van der Waals surface area contributed by atoms with Crippen LogP contribution in [0.4, 0.5) is 5.69 Å². The van der Waals surface area contributed by atoms with Gasteiger partial charge in [0.05, 0.1) is 18.9 Å². The molecule has 3 heterocycles. The Morgan fingerprint density at radius 2 is 1.83 bits per heavy atom. The van der Waals surface area contributed by atoms with E-state index in [4.69, 9.17) is 9.47 Å². The summed E-state index contributed by atoms with van der Waals surface area (Å²) in [7, 11) is 0. The van der Waals surface area contributed by atoms with Crippen molar-refractivity contribution in [3.63, 3.8) is 0 Å². The Balaban J connectivity index is 1.63. The van der Waals surface area contributed by atoms with Gasteiger partial charge in [0.1, 0.15) is 0 Å². The van der Waals surface area contributed by atoms with Crippen molar-refractivity contribution in [1.82, 2.24) is 4.90 Å². The Morgan fingerprint density at radius 3 is 2.57 bits per heavy atom. The van der Waals surface area contributed by atoms with E-state index < -0.39 is 5.79 Å². The molecule has 0 aliphatic carbocycles. The van der Waals surface area contributed by atoms with E-state index in [0.717, 1.165) is 32.4 Å². The van der Waals surface area contributed by atoms with Gasteiger partial charge in [0.25, 0.3) is 17.6 Å². The summed E-state index contributed by atoms with van der Waals surface area (Å²) < 4.78 is 11.3. The van der Waals surface area contributed by atoms with Crippen LogP contribution in [0.1, 0.15) is 41.6 Å². The Labute approximate surface area is 134 Å². The molecule has 122 valence electrons. The molecule has 3 aliphatic rings. The molecule has 2 fully saturated rings. The highest BCUT2D eigenvalue weighted by Crippen LogP contribution is 2.42. The van der Waals surface area contributed by atoms with Gasteiger partial charge in [-0.3, -0.25) is 9.59 Å². The van der Waals surface area contributed by atoms with E-state index in [-0.39, 0.29) is 11.8 Å². The monoisotopic (exact) mass is 316 g/mol. The molecule has 0 bridgehead atoms. The van der Waals surface area contributed by atoms with Gasteiger partial charge < -0.3 is 19.7 Å². The normalized spacial score (nSPS) is 22.8. The van der Waals surface area contributed by atoms with Gasteiger partial charge in [-0.2, -0.15) is 0 Å². The predicted molar refractivity (Wildman–Crippen MR) is 83.0 cm³/mol. The molecule has 6 heteroatoms. The second kappa shape index (κ2) is 5.62. The summed E-state index contributed by atoms with van der Waals surface area (Å²) in [5.74, 6) is -1.62. The first-order valence-corrected chi connectivity index (χ1v) is 8.24. The molecule has 0 aromatic heterocycles. The lowest BCUT2D eigenvalue weighted by molar-refractivity contribution is -0.255. The summed E-state index contributed by atoms with van der Waals surface area (Å²) in [6, 6.07) is 5.27. The Kier molecular flexibility index (Phi) is 3.58. The van der Waals surface area contributed by atoms with Gasteiger partial charge in [-0.05, 0) is 37.8 Å². The van der Waals surface area contributed by atoms with E-state index in [9.17, 15) is 9.59 Å². The number of nitrogens with one attached hydrogen (secondary N) is 1. The van der Waals surface area contributed by atoms with Crippen LogP contribution in [-0.2, 0) is 20.1 Å². The average molecular weight is 316 g/mol. The van der Waals surface area contributed by atoms with Crippen LogP contribution in [0.3, 0.4) is 0 Å². The quantitative estimate of drug-likeness (QED) is 0.858. The average Bonchev–Trinajstić information content (AvgIpc) is 2.87. The van der Waals surface area contributed by atoms with E-state index in [2.05, 4.69) is 5.32 Å². The van der Waals surface area contributed by atoms with Crippen molar-refractivity contribution in [2.75, 3.05) is 31.6 Å². The molecule has 1 spiro atoms. The lowest BCUT2D eigenvalue weighted by Crippen LogP contribution is -2.43. The number of carbonyl (C=O) groups excluding carboxylic acids is 2. The molecule has 0 radical (unpaired) electrons. The van der Waals surface area contributed by atoms with Crippen LogP contribution in [-0.4, -0.2) is 43.0 Å². The molecule has 23 heavy (non-hydrogen) atoms. The van der Waals surface area contributed by atoms with E-state index in [1.54, 1.807) is 18.2 Å². The van der Waals surface area contributed by atoms with Gasteiger partial charge in [0.15, 0.2) is 0 Å². The van der Waals surface area contributed by atoms with Gasteiger partial charge in [0.2, 0.25) is 0 Å². The predicted octanol–water partition coefficient (Wildman–Crippen LogP) is 1.85. The molecular formula is C17H20N2O4. The van der Waals surface area contributed by atoms with Crippen LogP contribution in [0, 0.1) is 0 Å². The third-order valence-corrected chi connectivity index (χ3v) is 4.71. The zero-order chi connectivity index (χ0) is 15.9. The summed E-state index contributed by atoms with van der Waals surface area (Å²) in [4.78, 5) is 26.8. The fraction of sp³-hybridized carbons (Fsp3) is 0.529. The number of nitrogens with zero attached hydrogens (tertiary/aromatic N) is 1. The van der Waals surface area contributed by atoms with E-state index in [1.807, 2.05) is 4.90 Å². The van der Waals surface area contributed by atoms with Gasteiger partial charge in [-0.1, -0.05) is 6.07 Å². The van der Waals surface area contributed by atoms with Crippen molar-refractivity contribution in [3.05, 3.63) is 29.3 Å². The van der Waals surface area contributed by atoms with Crippen molar-refractivity contribution in [2.45, 2.75) is 31.5 Å². The number of anilines is 1. The Hall–Kier alpha value is -1.92. The zero-order valence-electron chi connectivity index (χ0n) is 13.0. The minimum Gasteiger partial charge on any atom is -0.339 e. The number of piperidine rings is 1. The standard InChI is InChI=1S/C17H20N2O4/c20-15(19-7-2-1-3-8-19)12-5-6-13-14(11-12)18-16(21)17(13)22-9-4-10-23-17/h5-6,11H,1-4,7-10H2,(H,18,21). The fourth-order valence-corrected chi connectivity index (χ4v) is 3.49. The Bertz CT molecular complexity index is 646. The Morgan fingerprint density at radius 1 is 1.09 bits per heavy atom. The van der Waals surface area contributed by atoms with Crippen LogP contribution in [0.5, 0.6) is 0 Å². The number of fused-ring (bicyclic) bond motifs is 2. The van der Waals surface area contributed by atoms with Crippen molar-refractivity contribution in [2.24, 2.45) is 0 Å². The van der Waals surface area contributed by atoms with Crippen molar-refractivity contribution in [3.8, 4) is 0 Å². The van der Waals surface area contributed by atoms with E-state index in [1.165, 1.54) is 6.42 Å². The maximum absolute atomic E-state index is 12.6. The highest BCUT2D eigenvalue weighted by molar-refractivity contribution is 6.06. The molecule has 2 amide bonds. The number of hydrogen-bond donors (Lipinski definition) is 1. The van der Waals surface area contributed by atoms with E-state index in [0.29, 0.717) is 30.0 Å². The maximum Gasteiger partial charge on any atom is 0.289 e. The number of benzene rings is 1. The van der Waals surface area contributed by atoms with E-state index >= 15 is 0 Å². The zero-order valence-corrected chi connectivity index (χ0v) is 13.0. The molecule has 0 unspecified atom stereocenters. The minimum absolute atomic E-state index is 0.0215. The summed E-state index contributed by atoms with van der Waals surface area (Å²) >= 11 is 0. The summed E-state index contributed by atoms with van der Waals surface area (Å²) in [5, 5.41) is 2.80. The summed E-state index contributed by atoms with van der Waals surface area (Å²) in [6.07, 6.45) is 4.06. The van der Waals surface area contributed by atoms with Crippen LogP contribution >= 0.6 is 0 Å². The van der Waals surface area contributed by atoms with Gasteiger partial charge >= 0.3 is 0 Å². The highest BCUT2D eigenvalue weighted by Gasteiger charge is 2.51. The number of rotatable bonds is 1. The first-order chi connectivity index (χ1) is 11.2. The molecule has 6 nitrogen and oxygen atoms in total. The number of hydrogen-bond acceptors (Lipinski definition) is 4. The van der Waals surface area contributed by atoms with Crippen LogP contribution in [0.25, 0.3) is 0 Å². The SMILES string of the molecule is O=C(c1ccc2c(c1)NC(=O)C21OCCCO1)N1CCCCC1. The largest absolute Gasteiger partial charge is 0.339 e. The van der Waals surface area contributed by atoms with Crippen molar-refractivity contribution < 1.29 is 19.1 Å². The smallest absolute Gasteiger partial charge is 0.289 e. The van der Waals surface area contributed by atoms with Gasteiger partial charge in [-0.15, -0.1) is 0 Å². The third kappa shape index (κ3) is 2.33. The topological polar surface area (TPSA) is 67.9 Å². The summed E-state index contributed by atoms with van der Waals surface area (Å²) in [5.41, 5.74) is 1.87. The number of ether oxygens (including phenoxy) is 2. The first-order valence-electron chi connectivity index (χ1n) is 8.24. The second-order valence-corrected chi connectivity index (χ2v) is 6.23. The molecule has 0 saturated carbocycles. The first kappa shape index (κ1) is 14.7. The molecular weight excluding hydrogens is 296 g/mol. The van der Waals surface area contributed by atoms with Gasteiger partial charge in [0, 0.05) is 24.2 Å². The van der Waals surface area contributed by atoms with Crippen LogP contribution in [0.15, 0.2) is 18.2 Å².